The Labute approximate surface area is 112 Å². The van der Waals surface area contributed by atoms with E-state index in [0.29, 0.717) is 18.1 Å². The summed E-state index contributed by atoms with van der Waals surface area (Å²) in [5, 5.41) is 9.90. The van der Waals surface area contributed by atoms with Crippen LogP contribution in [0.4, 0.5) is 0 Å². The smallest absolute Gasteiger partial charge is 0.335 e. The van der Waals surface area contributed by atoms with Gasteiger partial charge in [-0.25, -0.2) is 4.79 Å². The quantitative estimate of drug-likeness (QED) is 0.813. The largest absolute Gasteiger partial charge is 0.478 e. The molecule has 1 aromatic heterocycles. The van der Waals surface area contributed by atoms with Crippen molar-refractivity contribution >= 4 is 16.9 Å². The van der Waals surface area contributed by atoms with Crippen molar-refractivity contribution in [2.75, 3.05) is 13.2 Å². The number of aromatic carboxylic acids is 1. The maximum absolute atomic E-state index is 10.9. The van der Waals surface area contributed by atoms with E-state index in [1.54, 1.807) is 12.1 Å². The lowest BCUT2D eigenvalue weighted by atomic mass is 10.1. The van der Waals surface area contributed by atoms with Crippen molar-refractivity contribution in [3.05, 3.63) is 36.0 Å². The number of benzene rings is 1. The fraction of sp³-hybridized carbons (Fsp3) is 0.400. The van der Waals surface area contributed by atoms with Crippen molar-refractivity contribution in [1.29, 1.82) is 0 Å². The van der Waals surface area contributed by atoms with Crippen molar-refractivity contribution in [3.63, 3.8) is 0 Å². The van der Waals surface area contributed by atoms with E-state index in [9.17, 15) is 4.79 Å². The summed E-state index contributed by atoms with van der Waals surface area (Å²) in [4.78, 5) is 10.9. The minimum Gasteiger partial charge on any atom is -0.478 e. The van der Waals surface area contributed by atoms with Crippen LogP contribution in [0.25, 0.3) is 10.9 Å². The van der Waals surface area contributed by atoms with E-state index in [1.165, 1.54) is 0 Å². The first-order chi connectivity index (χ1) is 9.08. The van der Waals surface area contributed by atoms with Gasteiger partial charge in [-0.1, -0.05) is 13.8 Å². The van der Waals surface area contributed by atoms with E-state index in [-0.39, 0.29) is 0 Å². The van der Waals surface area contributed by atoms with Gasteiger partial charge in [-0.3, -0.25) is 0 Å². The molecule has 0 saturated heterocycles. The maximum Gasteiger partial charge on any atom is 0.335 e. The fourth-order valence-corrected chi connectivity index (χ4v) is 2.01. The molecule has 0 radical (unpaired) electrons. The Hall–Kier alpha value is -1.81. The Morgan fingerprint density at radius 1 is 1.37 bits per heavy atom. The summed E-state index contributed by atoms with van der Waals surface area (Å²) >= 11 is 0. The van der Waals surface area contributed by atoms with E-state index >= 15 is 0 Å². The van der Waals surface area contributed by atoms with Gasteiger partial charge in [-0.15, -0.1) is 0 Å². The lowest BCUT2D eigenvalue weighted by Crippen LogP contribution is -2.08. The van der Waals surface area contributed by atoms with Crippen LogP contribution in [0, 0.1) is 5.92 Å². The predicted octanol–water partition coefficient (Wildman–Crippen LogP) is 3.01. The zero-order chi connectivity index (χ0) is 13.8. The maximum atomic E-state index is 10.9. The summed E-state index contributed by atoms with van der Waals surface area (Å²) in [5.41, 5.74) is 1.36. The molecule has 0 spiro atoms. The van der Waals surface area contributed by atoms with Gasteiger partial charge < -0.3 is 14.4 Å². The van der Waals surface area contributed by atoms with Gasteiger partial charge in [0.05, 0.1) is 12.2 Å². The zero-order valence-electron chi connectivity index (χ0n) is 11.3. The monoisotopic (exact) mass is 261 g/mol. The Kier molecular flexibility index (Phi) is 4.22. The summed E-state index contributed by atoms with van der Waals surface area (Å²) in [6, 6.07) is 7.12. The van der Waals surface area contributed by atoms with Crippen LogP contribution in [0.1, 0.15) is 24.2 Å². The van der Waals surface area contributed by atoms with E-state index in [2.05, 4.69) is 18.4 Å². The van der Waals surface area contributed by atoms with Crippen LogP contribution >= 0.6 is 0 Å². The summed E-state index contributed by atoms with van der Waals surface area (Å²) < 4.78 is 7.65. The van der Waals surface area contributed by atoms with Crippen molar-refractivity contribution in [1.82, 2.24) is 4.57 Å². The summed E-state index contributed by atoms with van der Waals surface area (Å²) in [6.07, 6.45) is 1.97. The number of hydrogen-bond acceptors (Lipinski definition) is 2. The Morgan fingerprint density at radius 2 is 2.16 bits per heavy atom. The lowest BCUT2D eigenvalue weighted by molar-refractivity contribution is 0.0697. The van der Waals surface area contributed by atoms with Gasteiger partial charge >= 0.3 is 5.97 Å². The zero-order valence-corrected chi connectivity index (χ0v) is 11.3. The highest BCUT2D eigenvalue weighted by atomic mass is 16.5. The molecule has 4 heteroatoms. The molecule has 1 heterocycles. The highest BCUT2D eigenvalue weighted by molar-refractivity contribution is 5.93. The molecule has 0 aliphatic rings. The third-order valence-electron chi connectivity index (χ3n) is 2.95. The molecule has 0 unspecified atom stereocenters. The first-order valence-corrected chi connectivity index (χ1v) is 6.48. The molecular formula is C15H19NO3. The van der Waals surface area contributed by atoms with Gasteiger partial charge in [0.1, 0.15) is 0 Å². The molecule has 2 aromatic rings. The minimum absolute atomic E-state index is 0.321. The number of fused-ring (bicyclic) bond motifs is 1. The molecule has 1 aromatic carbocycles. The Bertz CT molecular complexity index is 572. The van der Waals surface area contributed by atoms with Crippen LogP contribution in [-0.4, -0.2) is 28.9 Å². The second-order valence-electron chi connectivity index (χ2n) is 5.06. The number of carbonyl (C=O) groups is 1. The van der Waals surface area contributed by atoms with Gasteiger partial charge in [-0.2, -0.15) is 0 Å². The van der Waals surface area contributed by atoms with Gasteiger partial charge in [0, 0.05) is 30.3 Å². The third kappa shape index (κ3) is 3.35. The van der Waals surface area contributed by atoms with E-state index in [0.717, 1.165) is 24.1 Å². The van der Waals surface area contributed by atoms with Crippen LogP contribution in [-0.2, 0) is 11.3 Å². The molecule has 0 atom stereocenters. The van der Waals surface area contributed by atoms with Crippen molar-refractivity contribution in [2.24, 2.45) is 5.92 Å². The molecule has 0 aliphatic heterocycles. The standard InChI is InChI=1S/C15H19NO3/c1-11(2)10-19-8-7-16-6-5-12-9-13(15(17)18)3-4-14(12)16/h3-6,9,11H,7-8,10H2,1-2H3,(H,17,18). The van der Waals surface area contributed by atoms with Crippen LogP contribution in [0.3, 0.4) is 0 Å². The first kappa shape index (κ1) is 13.6. The number of carboxylic acid groups (broad SMARTS) is 1. The topological polar surface area (TPSA) is 51.5 Å². The molecule has 0 fully saturated rings. The van der Waals surface area contributed by atoms with Gasteiger partial charge in [0.2, 0.25) is 0 Å². The second-order valence-corrected chi connectivity index (χ2v) is 5.06. The molecule has 1 N–H and O–H groups in total. The molecule has 0 aliphatic carbocycles. The molecule has 0 bridgehead atoms. The Balaban J connectivity index is 2.06. The molecule has 4 nitrogen and oxygen atoms in total. The van der Waals surface area contributed by atoms with Gasteiger partial charge in [0.25, 0.3) is 0 Å². The number of hydrogen-bond donors (Lipinski definition) is 1. The highest BCUT2D eigenvalue weighted by Crippen LogP contribution is 2.17. The van der Waals surface area contributed by atoms with Crippen molar-refractivity contribution in [2.45, 2.75) is 20.4 Å². The number of ether oxygens (including phenoxy) is 1. The molecule has 102 valence electrons. The lowest BCUT2D eigenvalue weighted by Gasteiger charge is -2.08. The van der Waals surface area contributed by atoms with Gasteiger partial charge in [0.15, 0.2) is 0 Å². The molecule has 0 amide bonds. The van der Waals surface area contributed by atoms with Crippen LogP contribution in [0.5, 0.6) is 0 Å². The molecular weight excluding hydrogens is 242 g/mol. The fourth-order valence-electron chi connectivity index (χ4n) is 2.01. The summed E-state index contributed by atoms with van der Waals surface area (Å²) in [7, 11) is 0. The van der Waals surface area contributed by atoms with Crippen molar-refractivity contribution < 1.29 is 14.6 Å². The number of carboxylic acids is 1. The van der Waals surface area contributed by atoms with E-state index in [1.807, 2.05) is 18.3 Å². The molecule has 0 saturated carbocycles. The van der Waals surface area contributed by atoms with Crippen LogP contribution in [0.2, 0.25) is 0 Å². The summed E-state index contributed by atoms with van der Waals surface area (Å²) in [6.45, 7) is 6.46. The molecule has 2 rings (SSSR count). The highest BCUT2D eigenvalue weighted by Gasteiger charge is 2.06. The van der Waals surface area contributed by atoms with E-state index in [4.69, 9.17) is 9.84 Å². The van der Waals surface area contributed by atoms with Gasteiger partial charge in [-0.05, 0) is 30.2 Å². The van der Waals surface area contributed by atoms with E-state index < -0.39 is 5.97 Å². The number of nitrogens with zero attached hydrogens (tertiary/aromatic N) is 1. The van der Waals surface area contributed by atoms with Crippen LogP contribution in [0.15, 0.2) is 30.5 Å². The predicted molar refractivity (Wildman–Crippen MR) is 74.6 cm³/mol. The number of aromatic nitrogens is 1. The minimum atomic E-state index is -0.894. The first-order valence-electron chi connectivity index (χ1n) is 6.48. The SMILES string of the molecule is CC(C)COCCn1ccc2cc(C(=O)O)ccc21. The van der Waals surface area contributed by atoms with Crippen LogP contribution < -0.4 is 0 Å². The third-order valence-corrected chi connectivity index (χ3v) is 2.95. The normalized spacial score (nSPS) is 11.3. The number of rotatable bonds is 6. The summed E-state index contributed by atoms with van der Waals surface area (Å²) in [5.74, 6) is -0.352. The van der Waals surface area contributed by atoms with Crippen molar-refractivity contribution in [3.8, 4) is 0 Å². The Morgan fingerprint density at radius 3 is 2.84 bits per heavy atom. The second kappa shape index (κ2) is 5.89. The average molecular weight is 261 g/mol. The average Bonchev–Trinajstić information content (AvgIpc) is 2.76. The molecule has 19 heavy (non-hydrogen) atoms.